The molecule has 1 N–H and O–H groups in total. The molecule has 0 saturated carbocycles. The summed E-state index contributed by atoms with van der Waals surface area (Å²) in [7, 11) is 1.62. The Morgan fingerprint density at radius 3 is 2.35 bits per heavy atom. The van der Waals surface area contributed by atoms with Gasteiger partial charge >= 0.3 is 0 Å². The summed E-state index contributed by atoms with van der Waals surface area (Å²) in [5, 5.41) is 3.13. The van der Waals surface area contributed by atoms with Crippen LogP contribution in [0.1, 0.15) is 30.7 Å². The van der Waals surface area contributed by atoms with Crippen molar-refractivity contribution in [1.82, 2.24) is 9.78 Å². The van der Waals surface area contributed by atoms with Crippen LogP contribution in [0.3, 0.4) is 0 Å². The first-order valence-corrected chi connectivity index (χ1v) is 8.64. The van der Waals surface area contributed by atoms with Gasteiger partial charge in [0.1, 0.15) is 5.75 Å². The van der Waals surface area contributed by atoms with Crippen molar-refractivity contribution >= 4 is 11.4 Å². The summed E-state index contributed by atoms with van der Waals surface area (Å²) in [6, 6.07) is 15.4. The fourth-order valence-electron chi connectivity index (χ4n) is 2.94. The highest BCUT2D eigenvalue weighted by Gasteiger charge is 2.15. The van der Waals surface area contributed by atoms with Gasteiger partial charge in [0.25, 0.3) is 5.56 Å². The van der Waals surface area contributed by atoms with Crippen molar-refractivity contribution in [2.75, 3.05) is 7.11 Å². The van der Waals surface area contributed by atoms with Crippen molar-refractivity contribution in [2.24, 2.45) is 4.99 Å². The number of rotatable bonds is 5. The number of benzene rings is 2. The van der Waals surface area contributed by atoms with Crippen molar-refractivity contribution in [1.29, 1.82) is 0 Å². The number of hydrogen-bond donors (Lipinski definition) is 1. The molecule has 0 aliphatic rings. The first kappa shape index (κ1) is 17.7. The number of nitrogens with zero attached hydrogens (tertiary/aromatic N) is 2. The molecule has 0 atom stereocenters. The van der Waals surface area contributed by atoms with E-state index in [1.807, 2.05) is 50.2 Å². The predicted molar refractivity (Wildman–Crippen MR) is 105 cm³/mol. The van der Waals surface area contributed by atoms with Gasteiger partial charge in [0.2, 0.25) is 0 Å². The molecule has 0 amide bonds. The van der Waals surface area contributed by atoms with Gasteiger partial charge in [-0.25, -0.2) is 4.68 Å². The van der Waals surface area contributed by atoms with Crippen LogP contribution in [0.15, 0.2) is 58.3 Å². The molecule has 0 radical (unpaired) electrons. The van der Waals surface area contributed by atoms with Crippen LogP contribution < -0.4 is 10.3 Å². The number of aliphatic imine (C=N–C) groups is 1. The molecular formula is C21H23N3O2. The van der Waals surface area contributed by atoms with E-state index >= 15 is 0 Å². The Labute approximate surface area is 153 Å². The Kier molecular flexibility index (Phi) is 5.07. The quantitative estimate of drug-likeness (QED) is 0.702. The van der Waals surface area contributed by atoms with Crippen molar-refractivity contribution in [2.45, 2.75) is 27.2 Å². The zero-order valence-electron chi connectivity index (χ0n) is 15.5. The molecule has 2 aromatic carbocycles. The lowest BCUT2D eigenvalue weighted by atomic mass is 10.1. The summed E-state index contributed by atoms with van der Waals surface area (Å²) in [5.74, 6) is 0.749. The molecule has 134 valence electrons. The first-order chi connectivity index (χ1) is 12.5. The monoisotopic (exact) mass is 349 g/mol. The van der Waals surface area contributed by atoms with Crippen LogP contribution in [0.2, 0.25) is 0 Å². The smallest absolute Gasteiger partial charge is 0.280 e. The Morgan fingerprint density at radius 2 is 1.77 bits per heavy atom. The number of hydrogen-bond acceptors (Lipinski definition) is 3. The second-order valence-electron chi connectivity index (χ2n) is 6.17. The molecule has 1 aromatic heterocycles. The minimum absolute atomic E-state index is 0.112. The number of aryl methyl sites for hydroxylation is 2. The average Bonchev–Trinajstić information content (AvgIpc) is 2.96. The lowest BCUT2D eigenvalue weighted by molar-refractivity contribution is 0.414. The fraction of sp³-hybridized carbons (Fsp3) is 0.238. The lowest BCUT2D eigenvalue weighted by Gasteiger charge is -2.03. The summed E-state index contributed by atoms with van der Waals surface area (Å²) in [6.45, 7) is 5.87. The van der Waals surface area contributed by atoms with Crippen LogP contribution in [0.25, 0.3) is 5.69 Å². The predicted octanol–water partition coefficient (Wildman–Crippen LogP) is 4.19. The van der Waals surface area contributed by atoms with E-state index in [1.165, 1.54) is 10.2 Å². The largest absolute Gasteiger partial charge is 0.497 e. The molecule has 0 aliphatic heterocycles. The van der Waals surface area contributed by atoms with Crippen molar-refractivity contribution in [3.8, 4) is 11.4 Å². The first-order valence-electron chi connectivity index (χ1n) is 8.64. The van der Waals surface area contributed by atoms with Crippen LogP contribution in [0, 0.1) is 6.92 Å². The summed E-state index contributed by atoms with van der Waals surface area (Å²) in [6.07, 6.45) is 0.993. The molecular weight excluding hydrogens is 326 g/mol. The van der Waals surface area contributed by atoms with E-state index in [0.29, 0.717) is 11.3 Å². The number of aromatic amines is 1. The van der Waals surface area contributed by atoms with E-state index in [2.05, 4.69) is 29.1 Å². The number of H-pyrrole nitrogens is 1. The van der Waals surface area contributed by atoms with E-state index in [9.17, 15) is 4.79 Å². The highest BCUT2D eigenvalue weighted by Crippen LogP contribution is 2.17. The van der Waals surface area contributed by atoms with Gasteiger partial charge in [-0.2, -0.15) is 0 Å². The molecule has 1 heterocycles. The van der Waals surface area contributed by atoms with Crippen LogP contribution >= 0.6 is 0 Å². The van der Waals surface area contributed by atoms with E-state index in [0.717, 1.165) is 29.2 Å². The average molecular weight is 349 g/mol. The standard InChI is InChI=1S/C21H23N3O2/c1-5-16-6-8-17(9-7-16)22-14(2)20-15(3)23-24(21(20)25)18-10-12-19(26-4)13-11-18/h6-13,23H,5H2,1-4H3. The van der Waals surface area contributed by atoms with E-state index < -0.39 is 0 Å². The SMILES string of the molecule is CCc1ccc(N=C(C)c2c(C)[nH]n(-c3ccc(OC)cc3)c2=O)cc1. The third-order valence-electron chi connectivity index (χ3n) is 4.41. The van der Waals surface area contributed by atoms with Gasteiger partial charge in [0.15, 0.2) is 0 Å². The molecule has 3 rings (SSSR count). The Hall–Kier alpha value is -3.08. The Balaban J connectivity index is 1.98. The molecule has 0 spiro atoms. The van der Waals surface area contributed by atoms with Gasteiger partial charge in [-0.15, -0.1) is 0 Å². The van der Waals surface area contributed by atoms with Gasteiger partial charge in [-0.05, 0) is 62.2 Å². The molecule has 5 nitrogen and oxygen atoms in total. The van der Waals surface area contributed by atoms with E-state index in [4.69, 9.17) is 4.74 Å². The maximum absolute atomic E-state index is 12.9. The van der Waals surface area contributed by atoms with E-state index in [-0.39, 0.29) is 5.56 Å². The maximum Gasteiger partial charge on any atom is 0.280 e. The van der Waals surface area contributed by atoms with Crippen LogP contribution in [0.5, 0.6) is 5.75 Å². The summed E-state index contributed by atoms with van der Waals surface area (Å²) in [5.41, 5.74) is 4.83. The van der Waals surface area contributed by atoms with Crippen LogP contribution in [-0.2, 0) is 6.42 Å². The maximum atomic E-state index is 12.9. The van der Waals surface area contributed by atoms with Crippen LogP contribution in [0.4, 0.5) is 5.69 Å². The van der Waals surface area contributed by atoms with Gasteiger partial charge in [0.05, 0.1) is 29.8 Å². The molecule has 26 heavy (non-hydrogen) atoms. The normalized spacial score (nSPS) is 11.6. The Morgan fingerprint density at radius 1 is 1.12 bits per heavy atom. The number of methoxy groups -OCH3 is 1. The van der Waals surface area contributed by atoms with E-state index in [1.54, 1.807) is 7.11 Å². The summed E-state index contributed by atoms with van der Waals surface area (Å²) < 4.78 is 6.70. The minimum atomic E-state index is -0.112. The summed E-state index contributed by atoms with van der Waals surface area (Å²) in [4.78, 5) is 17.5. The third-order valence-corrected chi connectivity index (χ3v) is 4.41. The molecule has 0 unspecified atom stereocenters. The van der Waals surface area contributed by atoms with Crippen molar-refractivity contribution in [3.05, 3.63) is 75.7 Å². The fourth-order valence-corrected chi connectivity index (χ4v) is 2.94. The number of aromatic nitrogens is 2. The van der Waals surface area contributed by atoms with Gasteiger partial charge in [-0.3, -0.25) is 14.9 Å². The van der Waals surface area contributed by atoms with Crippen LogP contribution in [-0.4, -0.2) is 22.6 Å². The number of ether oxygens (including phenoxy) is 1. The number of nitrogens with one attached hydrogen (secondary N) is 1. The zero-order chi connectivity index (χ0) is 18.7. The molecule has 3 aromatic rings. The highest BCUT2D eigenvalue weighted by molar-refractivity contribution is 6.00. The van der Waals surface area contributed by atoms with Crippen molar-refractivity contribution in [3.63, 3.8) is 0 Å². The molecule has 5 heteroatoms. The second kappa shape index (κ2) is 7.44. The molecule has 0 saturated heterocycles. The van der Waals surface area contributed by atoms with Gasteiger partial charge < -0.3 is 4.74 Å². The topological polar surface area (TPSA) is 59.4 Å². The Bertz CT molecular complexity index is 978. The minimum Gasteiger partial charge on any atom is -0.497 e. The zero-order valence-corrected chi connectivity index (χ0v) is 15.5. The second-order valence-corrected chi connectivity index (χ2v) is 6.17. The third kappa shape index (κ3) is 3.47. The van der Waals surface area contributed by atoms with Gasteiger partial charge in [-0.1, -0.05) is 19.1 Å². The van der Waals surface area contributed by atoms with Crippen molar-refractivity contribution < 1.29 is 4.74 Å². The van der Waals surface area contributed by atoms with Gasteiger partial charge in [0, 0.05) is 5.69 Å². The summed E-state index contributed by atoms with van der Waals surface area (Å²) >= 11 is 0. The molecule has 0 fully saturated rings. The highest BCUT2D eigenvalue weighted by atomic mass is 16.5. The molecule has 0 bridgehead atoms. The molecule has 0 aliphatic carbocycles. The lowest BCUT2D eigenvalue weighted by Crippen LogP contribution is -2.19.